The molecule has 1 aromatic heterocycles. The van der Waals surface area contributed by atoms with Gasteiger partial charge in [-0.3, -0.25) is 4.79 Å². The highest BCUT2D eigenvalue weighted by molar-refractivity contribution is 5.89. The van der Waals surface area contributed by atoms with Crippen LogP contribution in [0.15, 0.2) is 51.7 Å². The third-order valence-electron chi connectivity index (χ3n) is 4.12. The zero-order valence-corrected chi connectivity index (χ0v) is 14.3. The highest BCUT2D eigenvalue weighted by atomic mass is 16.5. The van der Waals surface area contributed by atoms with E-state index in [1.807, 2.05) is 6.07 Å². The minimum absolute atomic E-state index is 0.0962. The van der Waals surface area contributed by atoms with Gasteiger partial charge in [0.25, 0.3) is 0 Å². The smallest absolute Gasteiger partial charge is 0.337 e. The molecule has 128 valence electrons. The van der Waals surface area contributed by atoms with E-state index in [-0.39, 0.29) is 5.43 Å². The van der Waals surface area contributed by atoms with Gasteiger partial charge in [0.2, 0.25) is 0 Å². The largest absolute Gasteiger partial charge is 0.497 e. The molecule has 5 nitrogen and oxygen atoms in total. The minimum Gasteiger partial charge on any atom is -0.497 e. The second-order valence-electron chi connectivity index (χ2n) is 5.70. The molecule has 25 heavy (non-hydrogen) atoms. The maximum atomic E-state index is 12.9. The highest BCUT2D eigenvalue weighted by Crippen LogP contribution is 2.22. The van der Waals surface area contributed by atoms with Crippen LogP contribution in [0.25, 0.3) is 11.0 Å². The van der Waals surface area contributed by atoms with E-state index >= 15 is 0 Å². The number of rotatable bonds is 4. The Kier molecular flexibility index (Phi) is 4.57. The molecule has 0 aliphatic carbocycles. The van der Waals surface area contributed by atoms with Crippen LogP contribution in [0.4, 0.5) is 0 Å². The Labute approximate surface area is 144 Å². The Morgan fingerprint density at radius 3 is 2.64 bits per heavy atom. The number of ether oxygens (including phenoxy) is 2. The van der Waals surface area contributed by atoms with Gasteiger partial charge in [-0.1, -0.05) is 12.1 Å². The van der Waals surface area contributed by atoms with Crippen molar-refractivity contribution in [1.82, 2.24) is 0 Å². The molecular weight excluding hydrogens is 320 g/mol. The van der Waals surface area contributed by atoms with E-state index in [9.17, 15) is 9.59 Å². The normalized spacial score (nSPS) is 10.7. The van der Waals surface area contributed by atoms with Crippen molar-refractivity contribution in [2.24, 2.45) is 0 Å². The van der Waals surface area contributed by atoms with Crippen LogP contribution in [-0.2, 0) is 11.2 Å². The molecule has 0 atom stereocenters. The van der Waals surface area contributed by atoms with Gasteiger partial charge in [-0.05, 0) is 42.8 Å². The number of hydrogen-bond acceptors (Lipinski definition) is 5. The van der Waals surface area contributed by atoms with Crippen molar-refractivity contribution in [3.8, 4) is 5.75 Å². The Hall–Kier alpha value is -3.08. The van der Waals surface area contributed by atoms with Gasteiger partial charge >= 0.3 is 5.97 Å². The summed E-state index contributed by atoms with van der Waals surface area (Å²) in [6.45, 7) is 1.77. The average molecular weight is 338 g/mol. The fourth-order valence-corrected chi connectivity index (χ4v) is 2.79. The molecule has 0 aliphatic rings. The van der Waals surface area contributed by atoms with E-state index in [0.29, 0.717) is 40.0 Å². The summed E-state index contributed by atoms with van der Waals surface area (Å²) in [4.78, 5) is 24.6. The van der Waals surface area contributed by atoms with Crippen LogP contribution in [0.2, 0.25) is 0 Å². The summed E-state index contributed by atoms with van der Waals surface area (Å²) in [5.74, 6) is 0.752. The van der Waals surface area contributed by atoms with E-state index in [1.165, 1.54) is 7.11 Å². The van der Waals surface area contributed by atoms with E-state index < -0.39 is 5.97 Å². The zero-order chi connectivity index (χ0) is 18.0. The van der Waals surface area contributed by atoms with Crippen LogP contribution in [0, 0.1) is 6.92 Å². The lowest BCUT2D eigenvalue weighted by Crippen LogP contribution is -2.12. The third-order valence-corrected chi connectivity index (χ3v) is 4.12. The fourth-order valence-electron chi connectivity index (χ4n) is 2.79. The lowest BCUT2D eigenvalue weighted by Gasteiger charge is -2.09. The molecule has 0 saturated carbocycles. The molecule has 0 unspecified atom stereocenters. The Balaban J connectivity index is 2.07. The predicted molar refractivity (Wildman–Crippen MR) is 94.4 cm³/mol. The number of esters is 1. The summed E-state index contributed by atoms with van der Waals surface area (Å²) in [5.41, 5.74) is 2.27. The number of carbonyl (C=O) groups is 1. The van der Waals surface area contributed by atoms with Crippen molar-refractivity contribution in [2.45, 2.75) is 13.3 Å². The summed E-state index contributed by atoms with van der Waals surface area (Å²) in [7, 11) is 2.89. The van der Waals surface area contributed by atoms with Crippen LogP contribution in [-0.4, -0.2) is 20.2 Å². The maximum absolute atomic E-state index is 12.9. The summed E-state index contributed by atoms with van der Waals surface area (Å²) >= 11 is 0. The standard InChI is InChI=1S/C20H18O5/c1-12-16(10-13-5-4-6-14(9-13)20(22)24-3)19(21)17-11-15(23-2)7-8-18(17)25-12/h4-9,11H,10H2,1-3H3. The zero-order valence-electron chi connectivity index (χ0n) is 14.3. The van der Waals surface area contributed by atoms with Gasteiger partial charge in [-0.15, -0.1) is 0 Å². The third kappa shape index (κ3) is 3.26. The van der Waals surface area contributed by atoms with E-state index in [2.05, 4.69) is 0 Å². The van der Waals surface area contributed by atoms with E-state index in [0.717, 1.165) is 5.56 Å². The Bertz CT molecular complexity index is 1000. The number of fused-ring (bicyclic) bond motifs is 1. The minimum atomic E-state index is -0.408. The molecule has 0 radical (unpaired) electrons. The number of aryl methyl sites for hydroxylation is 1. The first kappa shape index (κ1) is 16.8. The average Bonchev–Trinajstić information content (AvgIpc) is 2.64. The second kappa shape index (κ2) is 6.81. The first-order chi connectivity index (χ1) is 12.0. The van der Waals surface area contributed by atoms with Gasteiger partial charge in [0, 0.05) is 12.0 Å². The molecule has 0 N–H and O–H groups in total. The highest BCUT2D eigenvalue weighted by Gasteiger charge is 2.14. The van der Waals surface area contributed by atoms with Gasteiger partial charge in [0.15, 0.2) is 5.43 Å². The van der Waals surface area contributed by atoms with Gasteiger partial charge in [-0.25, -0.2) is 4.79 Å². The van der Waals surface area contributed by atoms with Crippen molar-refractivity contribution in [2.75, 3.05) is 14.2 Å². The lowest BCUT2D eigenvalue weighted by molar-refractivity contribution is 0.0600. The summed E-state index contributed by atoms with van der Waals surface area (Å²) < 4.78 is 15.7. The molecule has 5 heteroatoms. The fraction of sp³-hybridized carbons (Fsp3) is 0.200. The summed E-state index contributed by atoms with van der Waals surface area (Å²) in [6, 6.07) is 12.2. The van der Waals surface area contributed by atoms with Crippen molar-refractivity contribution in [3.05, 3.63) is 75.1 Å². The van der Waals surface area contributed by atoms with Crippen LogP contribution in [0.3, 0.4) is 0 Å². The molecule has 3 rings (SSSR count). The molecule has 1 heterocycles. The molecule has 0 bridgehead atoms. The van der Waals surface area contributed by atoms with E-state index in [1.54, 1.807) is 50.4 Å². The van der Waals surface area contributed by atoms with E-state index in [4.69, 9.17) is 13.9 Å². The van der Waals surface area contributed by atoms with Crippen molar-refractivity contribution in [1.29, 1.82) is 0 Å². The molecule has 0 spiro atoms. The number of hydrogen-bond donors (Lipinski definition) is 0. The molecule has 2 aromatic carbocycles. The number of methoxy groups -OCH3 is 2. The number of carbonyl (C=O) groups excluding carboxylic acids is 1. The lowest BCUT2D eigenvalue weighted by atomic mass is 10.0. The first-order valence-corrected chi connectivity index (χ1v) is 7.81. The quantitative estimate of drug-likeness (QED) is 0.681. The van der Waals surface area contributed by atoms with Gasteiger partial charge < -0.3 is 13.9 Å². The van der Waals surface area contributed by atoms with Crippen molar-refractivity contribution in [3.63, 3.8) is 0 Å². The van der Waals surface area contributed by atoms with Crippen LogP contribution >= 0.6 is 0 Å². The molecular formula is C20H18O5. The van der Waals surface area contributed by atoms with Gasteiger partial charge in [0.05, 0.1) is 25.2 Å². The SMILES string of the molecule is COC(=O)c1cccc(Cc2c(C)oc3ccc(OC)cc3c2=O)c1. The molecule has 3 aromatic rings. The van der Waals surface area contributed by atoms with Gasteiger partial charge in [-0.2, -0.15) is 0 Å². The maximum Gasteiger partial charge on any atom is 0.337 e. The topological polar surface area (TPSA) is 65.7 Å². The number of benzene rings is 2. The van der Waals surface area contributed by atoms with Gasteiger partial charge in [0.1, 0.15) is 17.1 Å². The molecule has 0 amide bonds. The Morgan fingerprint density at radius 1 is 1.12 bits per heavy atom. The van der Waals surface area contributed by atoms with Crippen LogP contribution < -0.4 is 10.2 Å². The predicted octanol–water partition coefficient (Wildman–Crippen LogP) is 3.49. The van der Waals surface area contributed by atoms with Crippen LogP contribution in [0.1, 0.15) is 27.2 Å². The Morgan fingerprint density at radius 2 is 1.92 bits per heavy atom. The second-order valence-corrected chi connectivity index (χ2v) is 5.70. The summed E-state index contributed by atoms with van der Waals surface area (Å²) in [6.07, 6.45) is 0.367. The summed E-state index contributed by atoms with van der Waals surface area (Å²) in [5, 5.41) is 0.476. The van der Waals surface area contributed by atoms with Crippen molar-refractivity contribution >= 4 is 16.9 Å². The molecule has 0 aliphatic heterocycles. The van der Waals surface area contributed by atoms with Crippen LogP contribution in [0.5, 0.6) is 5.75 Å². The molecule has 0 saturated heterocycles. The molecule has 0 fully saturated rings. The van der Waals surface area contributed by atoms with Crippen molar-refractivity contribution < 1.29 is 18.7 Å². The first-order valence-electron chi connectivity index (χ1n) is 7.81. The monoisotopic (exact) mass is 338 g/mol.